The molecule has 2 aromatic rings. The monoisotopic (exact) mass is 399 g/mol. The van der Waals surface area contributed by atoms with Crippen LogP contribution in [0, 0.1) is 0 Å². The average molecular weight is 399 g/mol. The molecule has 1 aromatic heterocycles. The van der Waals surface area contributed by atoms with E-state index in [1.54, 1.807) is 0 Å². The van der Waals surface area contributed by atoms with Crippen LogP contribution in [0.15, 0.2) is 35.1 Å². The van der Waals surface area contributed by atoms with E-state index in [9.17, 15) is 9.59 Å². The van der Waals surface area contributed by atoms with Crippen LogP contribution in [-0.2, 0) is 20.7 Å². The molecule has 1 fully saturated rings. The summed E-state index contributed by atoms with van der Waals surface area (Å²) in [6.07, 6.45) is 2.34. The average Bonchev–Trinajstić information content (AvgIpc) is 3.38. The number of carbonyl (C=O) groups excluding carboxylic acids is 2. The Morgan fingerprint density at radius 3 is 2.76 bits per heavy atom. The van der Waals surface area contributed by atoms with E-state index in [4.69, 9.17) is 4.74 Å². The standard InChI is InChI=1S/C20H25N5O4/c1-24-6-4-15-12-14(2-3-16(15)24)17(25-7-10-28-11-8-25)13-21-19(26)20(27)22-18-5-9-29-23-18/h2-3,5,9,12,17H,4,6-8,10-11,13H2,1H3,(H,21,26)(H,22,23,27)/t17-/m0/s1. The van der Waals surface area contributed by atoms with Gasteiger partial charge in [-0.25, -0.2) is 0 Å². The summed E-state index contributed by atoms with van der Waals surface area (Å²) in [6, 6.07) is 7.93. The van der Waals surface area contributed by atoms with E-state index in [0.717, 1.165) is 31.6 Å². The molecule has 0 unspecified atom stereocenters. The fraction of sp³-hybridized carbons (Fsp3) is 0.450. The highest BCUT2D eigenvalue weighted by atomic mass is 16.5. The number of fused-ring (bicyclic) bond motifs is 1. The van der Waals surface area contributed by atoms with Crippen molar-refractivity contribution in [2.24, 2.45) is 0 Å². The molecule has 154 valence electrons. The molecule has 2 N–H and O–H groups in total. The van der Waals surface area contributed by atoms with Crippen molar-refractivity contribution in [2.45, 2.75) is 12.5 Å². The van der Waals surface area contributed by atoms with Crippen LogP contribution < -0.4 is 15.5 Å². The van der Waals surface area contributed by atoms with Gasteiger partial charge in [-0.2, -0.15) is 0 Å². The van der Waals surface area contributed by atoms with Crippen LogP contribution in [0.5, 0.6) is 0 Å². The van der Waals surface area contributed by atoms with Gasteiger partial charge < -0.3 is 19.5 Å². The van der Waals surface area contributed by atoms with E-state index < -0.39 is 11.8 Å². The molecule has 9 nitrogen and oxygen atoms in total. The lowest BCUT2D eigenvalue weighted by Gasteiger charge is -2.35. The summed E-state index contributed by atoms with van der Waals surface area (Å²) in [5, 5.41) is 8.75. The second-order valence-electron chi connectivity index (χ2n) is 7.27. The lowest BCUT2D eigenvalue weighted by atomic mass is 10.0. The Morgan fingerprint density at radius 1 is 1.17 bits per heavy atom. The van der Waals surface area contributed by atoms with E-state index in [-0.39, 0.29) is 11.9 Å². The minimum absolute atomic E-state index is 0.0288. The zero-order valence-electron chi connectivity index (χ0n) is 16.4. The first-order chi connectivity index (χ1) is 14.1. The Hall–Kier alpha value is -2.91. The van der Waals surface area contributed by atoms with Gasteiger partial charge in [-0.3, -0.25) is 19.8 Å². The molecule has 1 atom stereocenters. The Balaban J connectivity index is 1.46. The van der Waals surface area contributed by atoms with Gasteiger partial charge >= 0.3 is 11.8 Å². The summed E-state index contributed by atoms with van der Waals surface area (Å²) in [6.45, 7) is 4.22. The van der Waals surface area contributed by atoms with Gasteiger partial charge in [0.15, 0.2) is 5.82 Å². The summed E-state index contributed by atoms with van der Waals surface area (Å²) in [4.78, 5) is 28.9. The summed E-state index contributed by atoms with van der Waals surface area (Å²) in [5.74, 6) is -1.26. The van der Waals surface area contributed by atoms with Crippen LogP contribution in [0.25, 0.3) is 0 Å². The molecular weight excluding hydrogens is 374 g/mol. The van der Waals surface area contributed by atoms with Gasteiger partial charge in [0.1, 0.15) is 6.26 Å². The molecule has 2 aliphatic rings. The zero-order valence-corrected chi connectivity index (χ0v) is 16.4. The highest BCUT2D eigenvalue weighted by Gasteiger charge is 2.26. The van der Waals surface area contributed by atoms with Crippen molar-refractivity contribution < 1.29 is 18.8 Å². The first-order valence-corrected chi connectivity index (χ1v) is 9.77. The van der Waals surface area contributed by atoms with Crippen molar-refractivity contribution in [1.29, 1.82) is 0 Å². The van der Waals surface area contributed by atoms with E-state index >= 15 is 0 Å². The minimum Gasteiger partial charge on any atom is -0.379 e. The summed E-state index contributed by atoms with van der Waals surface area (Å²) >= 11 is 0. The fourth-order valence-corrected chi connectivity index (χ4v) is 3.86. The number of anilines is 2. The van der Waals surface area contributed by atoms with Crippen LogP contribution in [0.4, 0.5) is 11.5 Å². The Bertz CT molecular complexity index is 864. The zero-order chi connectivity index (χ0) is 20.2. The largest absolute Gasteiger partial charge is 0.379 e. The van der Waals surface area contributed by atoms with Crippen molar-refractivity contribution in [3.63, 3.8) is 0 Å². The number of hydrogen-bond donors (Lipinski definition) is 2. The van der Waals surface area contributed by atoms with Crippen LogP contribution in [0.1, 0.15) is 17.2 Å². The third kappa shape index (κ3) is 4.41. The van der Waals surface area contributed by atoms with Crippen molar-refractivity contribution in [3.8, 4) is 0 Å². The highest BCUT2D eigenvalue weighted by molar-refractivity contribution is 6.39. The summed E-state index contributed by atoms with van der Waals surface area (Å²) in [7, 11) is 2.10. The molecule has 1 saturated heterocycles. The smallest absolute Gasteiger partial charge is 0.314 e. The van der Waals surface area contributed by atoms with Gasteiger partial charge in [0.25, 0.3) is 0 Å². The molecule has 4 rings (SSSR count). The maximum absolute atomic E-state index is 12.3. The minimum atomic E-state index is -0.768. The molecule has 0 radical (unpaired) electrons. The van der Waals surface area contributed by atoms with E-state index in [1.165, 1.54) is 23.6 Å². The lowest BCUT2D eigenvalue weighted by molar-refractivity contribution is -0.136. The first-order valence-electron chi connectivity index (χ1n) is 9.77. The molecule has 0 aliphatic carbocycles. The normalized spacial score (nSPS) is 17.6. The number of likely N-dealkylation sites (N-methyl/N-ethyl adjacent to an activating group) is 1. The number of carbonyl (C=O) groups is 2. The van der Waals surface area contributed by atoms with Crippen LogP contribution in [0.3, 0.4) is 0 Å². The molecule has 9 heteroatoms. The number of benzene rings is 1. The quantitative estimate of drug-likeness (QED) is 0.717. The van der Waals surface area contributed by atoms with Gasteiger partial charge in [0.05, 0.1) is 19.3 Å². The van der Waals surface area contributed by atoms with Crippen molar-refractivity contribution in [3.05, 3.63) is 41.7 Å². The Kier molecular flexibility index (Phi) is 5.77. The topological polar surface area (TPSA) is 99.9 Å². The highest BCUT2D eigenvalue weighted by Crippen LogP contribution is 2.31. The van der Waals surface area contributed by atoms with Crippen LogP contribution in [-0.4, -0.2) is 68.3 Å². The fourth-order valence-electron chi connectivity index (χ4n) is 3.86. The van der Waals surface area contributed by atoms with Gasteiger partial charge in [0.2, 0.25) is 0 Å². The van der Waals surface area contributed by atoms with E-state index in [2.05, 4.69) is 55.4 Å². The first kappa shape index (κ1) is 19.4. The third-order valence-corrected chi connectivity index (χ3v) is 5.44. The number of hydrogen-bond acceptors (Lipinski definition) is 7. The maximum atomic E-state index is 12.3. The van der Waals surface area contributed by atoms with Crippen molar-refractivity contribution in [1.82, 2.24) is 15.4 Å². The number of aromatic nitrogens is 1. The molecule has 2 amide bonds. The molecule has 1 aromatic carbocycles. The molecule has 2 aliphatic heterocycles. The second kappa shape index (κ2) is 8.62. The maximum Gasteiger partial charge on any atom is 0.314 e. The van der Waals surface area contributed by atoms with Gasteiger partial charge in [0, 0.05) is 45.0 Å². The molecule has 29 heavy (non-hydrogen) atoms. The van der Waals surface area contributed by atoms with Gasteiger partial charge in [-0.1, -0.05) is 17.3 Å². The number of rotatable bonds is 5. The summed E-state index contributed by atoms with van der Waals surface area (Å²) in [5.41, 5.74) is 3.71. The molecule has 0 saturated carbocycles. The summed E-state index contributed by atoms with van der Waals surface area (Å²) < 4.78 is 10.1. The Labute approximate surface area is 169 Å². The van der Waals surface area contributed by atoms with E-state index in [1.807, 2.05) is 0 Å². The third-order valence-electron chi connectivity index (χ3n) is 5.44. The van der Waals surface area contributed by atoms with Crippen molar-refractivity contribution in [2.75, 3.05) is 56.7 Å². The molecule has 0 bridgehead atoms. The predicted molar refractivity (Wildman–Crippen MR) is 107 cm³/mol. The number of amides is 2. The number of ether oxygens (including phenoxy) is 1. The van der Waals surface area contributed by atoms with Crippen molar-refractivity contribution >= 4 is 23.3 Å². The second-order valence-corrected chi connectivity index (χ2v) is 7.27. The molecule has 0 spiro atoms. The number of morpholine rings is 1. The number of nitrogens with one attached hydrogen (secondary N) is 2. The van der Waals surface area contributed by atoms with Gasteiger partial charge in [-0.05, 0) is 23.6 Å². The van der Waals surface area contributed by atoms with Crippen LogP contribution in [0.2, 0.25) is 0 Å². The SMILES string of the molecule is CN1CCc2cc([C@H](CNC(=O)C(=O)Nc3ccon3)N3CCOCC3)ccc21. The molecular formula is C20H25N5O4. The van der Waals surface area contributed by atoms with Crippen LogP contribution >= 0.6 is 0 Å². The van der Waals surface area contributed by atoms with E-state index in [0.29, 0.717) is 19.8 Å². The lowest BCUT2D eigenvalue weighted by Crippen LogP contribution is -2.45. The van der Waals surface area contributed by atoms with Gasteiger partial charge in [-0.15, -0.1) is 0 Å². The molecule has 3 heterocycles. The number of nitrogens with zero attached hydrogens (tertiary/aromatic N) is 3. The predicted octanol–water partition coefficient (Wildman–Crippen LogP) is 0.795. The Morgan fingerprint density at radius 2 is 2.00 bits per heavy atom.